The average Bonchev–Trinajstić information content (AvgIpc) is 2.59. The first-order valence-electron chi connectivity index (χ1n) is 7.19. The minimum atomic E-state index is -3.40. The zero-order valence-corrected chi connectivity index (χ0v) is 13.7. The summed E-state index contributed by atoms with van der Waals surface area (Å²) in [6.45, 7) is 0.616. The van der Waals surface area contributed by atoms with Crippen LogP contribution in [0, 0.1) is 11.3 Å². The highest BCUT2D eigenvalue weighted by Gasteiger charge is 2.26. The Hall–Kier alpha value is -2.85. The van der Waals surface area contributed by atoms with Gasteiger partial charge >= 0.3 is 0 Å². The second-order valence-electron chi connectivity index (χ2n) is 5.40. The number of hydrogen-bond donors (Lipinski definition) is 0. The van der Waals surface area contributed by atoms with Gasteiger partial charge in [-0.15, -0.1) is 0 Å². The van der Waals surface area contributed by atoms with E-state index in [2.05, 4.69) is 0 Å². The second kappa shape index (κ2) is 5.98. The van der Waals surface area contributed by atoms with Crippen LogP contribution in [0.15, 0.2) is 47.4 Å². The first-order chi connectivity index (χ1) is 11.4. The van der Waals surface area contributed by atoms with E-state index in [1.807, 2.05) is 6.07 Å². The van der Waals surface area contributed by atoms with Crippen molar-refractivity contribution in [1.29, 1.82) is 5.26 Å². The zero-order valence-electron chi connectivity index (χ0n) is 12.9. The summed E-state index contributed by atoms with van der Waals surface area (Å²) in [7, 11) is -3.40. The number of sulfone groups is 1. The van der Waals surface area contributed by atoms with E-state index in [-0.39, 0.29) is 10.8 Å². The molecule has 1 aliphatic heterocycles. The van der Waals surface area contributed by atoms with E-state index in [0.717, 1.165) is 6.26 Å². The number of hydrogen-bond acceptors (Lipinski definition) is 5. The molecule has 7 heteroatoms. The van der Waals surface area contributed by atoms with E-state index in [1.54, 1.807) is 24.3 Å². The summed E-state index contributed by atoms with van der Waals surface area (Å²) in [5, 5.41) is 8.98. The van der Waals surface area contributed by atoms with E-state index >= 15 is 0 Å². The van der Waals surface area contributed by atoms with Crippen molar-refractivity contribution in [3.63, 3.8) is 0 Å². The van der Waals surface area contributed by atoms with Crippen molar-refractivity contribution in [2.45, 2.75) is 4.90 Å². The van der Waals surface area contributed by atoms with Gasteiger partial charge in [-0.3, -0.25) is 4.79 Å². The fourth-order valence-corrected chi connectivity index (χ4v) is 3.16. The van der Waals surface area contributed by atoms with Crippen molar-refractivity contribution in [2.75, 3.05) is 24.3 Å². The van der Waals surface area contributed by atoms with Gasteiger partial charge < -0.3 is 9.64 Å². The predicted octanol–water partition coefficient (Wildman–Crippen LogP) is 2.00. The molecule has 3 rings (SSSR count). The van der Waals surface area contributed by atoms with Crippen LogP contribution in [-0.2, 0) is 9.84 Å². The highest BCUT2D eigenvalue weighted by atomic mass is 32.2. The SMILES string of the molecule is CS(=O)(=O)c1ccc2c(c1)N(C(=O)c1cccc(C#N)c1)CCO2. The Kier molecular flexibility index (Phi) is 3.99. The monoisotopic (exact) mass is 342 g/mol. The molecule has 1 heterocycles. The Morgan fingerprint density at radius 2 is 2.04 bits per heavy atom. The average molecular weight is 342 g/mol. The minimum absolute atomic E-state index is 0.121. The molecule has 0 aromatic heterocycles. The van der Waals surface area contributed by atoms with Crippen molar-refractivity contribution in [3.8, 4) is 11.8 Å². The Morgan fingerprint density at radius 3 is 2.75 bits per heavy atom. The molecule has 1 aliphatic rings. The maximum absolute atomic E-state index is 12.8. The topological polar surface area (TPSA) is 87.5 Å². The quantitative estimate of drug-likeness (QED) is 0.833. The number of carbonyl (C=O) groups is 1. The van der Waals surface area contributed by atoms with Crippen LogP contribution in [-0.4, -0.2) is 33.7 Å². The molecule has 0 radical (unpaired) electrons. The van der Waals surface area contributed by atoms with Gasteiger partial charge in [-0.2, -0.15) is 5.26 Å². The van der Waals surface area contributed by atoms with Crippen molar-refractivity contribution in [2.24, 2.45) is 0 Å². The molecule has 0 aliphatic carbocycles. The van der Waals surface area contributed by atoms with Gasteiger partial charge in [-0.1, -0.05) is 6.07 Å². The van der Waals surface area contributed by atoms with Gasteiger partial charge in [0.1, 0.15) is 12.4 Å². The number of anilines is 1. The number of benzene rings is 2. The van der Waals surface area contributed by atoms with Gasteiger partial charge in [0.05, 0.1) is 28.8 Å². The molecule has 122 valence electrons. The van der Waals surface area contributed by atoms with Gasteiger partial charge in [0.15, 0.2) is 9.84 Å². The zero-order chi connectivity index (χ0) is 17.3. The maximum Gasteiger partial charge on any atom is 0.258 e. The lowest BCUT2D eigenvalue weighted by Gasteiger charge is -2.30. The highest BCUT2D eigenvalue weighted by Crippen LogP contribution is 2.34. The summed E-state index contributed by atoms with van der Waals surface area (Å²) in [6, 6.07) is 12.8. The number of amides is 1. The van der Waals surface area contributed by atoms with Crippen LogP contribution in [0.5, 0.6) is 5.75 Å². The molecule has 6 nitrogen and oxygen atoms in total. The molecule has 0 fully saturated rings. The van der Waals surface area contributed by atoms with Crippen molar-refractivity contribution < 1.29 is 17.9 Å². The first kappa shape index (κ1) is 16.0. The molecule has 0 atom stereocenters. The molecular weight excluding hydrogens is 328 g/mol. The van der Waals surface area contributed by atoms with E-state index < -0.39 is 9.84 Å². The van der Waals surface area contributed by atoms with E-state index in [0.29, 0.717) is 35.7 Å². The second-order valence-corrected chi connectivity index (χ2v) is 7.42. The van der Waals surface area contributed by atoms with Crippen LogP contribution in [0.2, 0.25) is 0 Å². The molecule has 0 bridgehead atoms. The molecule has 0 unspecified atom stereocenters. The first-order valence-corrected chi connectivity index (χ1v) is 9.08. The number of nitrogens with zero attached hydrogens (tertiary/aromatic N) is 2. The third-order valence-corrected chi connectivity index (χ3v) is 4.82. The Balaban J connectivity index is 2.05. The molecule has 0 saturated heterocycles. The fraction of sp³-hybridized carbons (Fsp3) is 0.176. The summed E-state index contributed by atoms with van der Waals surface area (Å²) in [5.41, 5.74) is 1.17. The van der Waals surface area contributed by atoms with Crippen LogP contribution in [0.1, 0.15) is 15.9 Å². The molecule has 2 aromatic carbocycles. The molecule has 1 amide bonds. The summed E-state index contributed by atoms with van der Waals surface area (Å²) in [4.78, 5) is 14.4. The van der Waals surface area contributed by atoms with Gasteiger partial charge in [-0.05, 0) is 36.4 Å². The molecule has 0 spiro atoms. The van der Waals surface area contributed by atoms with Crippen LogP contribution in [0.25, 0.3) is 0 Å². The van der Waals surface area contributed by atoms with E-state index in [1.165, 1.54) is 23.1 Å². The Labute approximate surface area is 139 Å². The lowest BCUT2D eigenvalue weighted by atomic mass is 10.1. The Bertz CT molecular complexity index is 961. The fourth-order valence-electron chi connectivity index (χ4n) is 2.52. The molecule has 2 aromatic rings. The lowest BCUT2D eigenvalue weighted by molar-refractivity contribution is 0.0976. The van der Waals surface area contributed by atoms with Gasteiger partial charge in [0.25, 0.3) is 5.91 Å². The number of nitriles is 1. The van der Waals surface area contributed by atoms with Gasteiger partial charge in [-0.25, -0.2) is 8.42 Å². The molecular formula is C17H14N2O4S. The Morgan fingerprint density at radius 1 is 1.25 bits per heavy atom. The van der Waals surface area contributed by atoms with Crippen molar-refractivity contribution in [1.82, 2.24) is 0 Å². The number of ether oxygens (including phenoxy) is 1. The van der Waals surface area contributed by atoms with Crippen molar-refractivity contribution >= 4 is 21.4 Å². The molecule has 0 N–H and O–H groups in total. The smallest absolute Gasteiger partial charge is 0.258 e. The van der Waals surface area contributed by atoms with E-state index in [9.17, 15) is 13.2 Å². The number of rotatable bonds is 2. The summed E-state index contributed by atoms with van der Waals surface area (Å²) >= 11 is 0. The lowest BCUT2D eigenvalue weighted by Crippen LogP contribution is -2.38. The van der Waals surface area contributed by atoms with Gasteiger partial charge in [0, 0.05) is 11.8 Å². The number of fused-ring (bicyclic) bond motifs is 1. The summed E-state index contributed by atoms with van der Waals surface area (Å²) in [5.74, 6) is 0.153. The largest absolute Gasteiger partial charge is 0.490 e. The standard InChI is InChI=1S/C17H14N2O4S/c1-24(21,22)14-5-6-16-15(10-14)19(7-8-23-16)17(20)13-4-2-3-12(9-13)11-18/h2-6,9-10H,7-8H2,1H3. The van der Waals surface area contributed by atoms with Crippen LogP contribution in [0.4, 0.5) is 5.69 Å². The minimum Gasteiger partial charge on any atom is -0.490 e. The van der Waals surface area contributed by atoms with Crippen LogP contribution >= 0.6 is 0 Å². The third kappa shape index (κ3) is 2.96. The normalized spacial score (nSPS) is 13.6. The van der Waals surface area contributed by atoms with Crippen molar-refractivity contribution in [3.05, 3.63) is 53.6 Å². The highest BCUT2D eigenvalue weighted by molar-refractivity contribution is 7.90. The predicted molar refractivity (Wildman–Crippen MR) is 87.9 cm³/mol. The summed E-state index contributed by atoms with van der Waals surface area (Å²) < 4.78 is 29.0. The van der Waals surface area contributed by atoms with Gasteiger partial charge in [0.2, 0.25) is 0 Å². The van der Waals surface area contributed by atoms with Crippen LogP contribution in [0.3, 0.4) is 0 Å². The maximum atomic E-state index is 12.8. The van der Waals surface area contributed by atoms with Crippen LogP contribution < -0.4 is 9.64 Å². The number of carbonyl (C=O) groups excluding carboxylic acids is 1. The molecule has 0 saturated carbocycles. The molecule has 24 heavy (non-hydrogen) atoms. The third-order valence-electron chi connectivity index (χ3n) is 3.71. The summed E-state index contributed by atoms with van der Waals surface area (Å²) in [6.07, 6.45) is 1.11. The van der Waals surface area contributed by atoms with E-state index in [4.69, 9.17) is 10.00 Å².